The van der Waals surface area contributed by atoms with Gasteiger partial charge in [-0.1, -0.05) is 23.8 Å². The van der Waals surface area contributed by atoms with E-state index < -0.39 is 0 Å². The van der Waals surface area contributed by atoms with Gasteiger partial charge in [0.2, 0.25) is 0 Å². The lowest BCUT2D eigenvalue weighted by Gasteiger charge is -2.31. The number of allylic oxidation sites excluding steroid dienone is 3. The summed E-state index contributed by atoms with van der Waals surface area (Å²) in [6.07, 6.45) is 7.44. The molecule has 2 aliphatic rings. The molecular formula is C10H12N2. The van der Waals surface area contributed by atoms with E-state index in [1.54, 1.807) is 0 Å². The molecule has 12 heavy (non-hydrogen) atoms. The third-order valence-electron chi connectivity index (χ3n) is 2.66. The van der Waals surface area contributed by atoms with Crippen LogP contribution in [0.15, 0.2) is 23.8 Å². The lowest BCUT2D eigenvalue weighted by atomic mass is 9.79. The Bertz CT molecular complexity index is 270. The van der Waals surface area contributed by atoms with Crippen LogP contribution in [-0.4, -0.2) is 13.1 Å². The van der Waals surface area contributed by atoms with Crippen molar-refractivity contribution >= 4 is 0 Å². The minimum Gasteiger partial charge on any atom is -0.312 e. The summed E-state index contributed by atoms with van der Waals surface area (Å²) in [7, 11) is 0. The molecule has 0 bridgehead atoms. The number of fused-ring (bicyclic) bond motifs is 1. The third-order valence-corrected chi connectivity index (χ3v) is 2.66. The predicted octanol–water partition coefficient (Wildman–Crippen LogP) is 1.23. The summed E-state index contributed by atoms with van der Waals surface area (Å²) in [5.74, 6) is 0.663. The molecule has 0 aromatic heterocycles. The van der Waals surface area contributed by atoms with Gasteiger partial charge in [0, 0.05) is 19.0 Å². The zero-order valence-electron chi connectivity index (χ0n) is 6.96. The zero-order chi connectivity index (χ0) is 8.39. The first kappa shape index (κ1) is 7.57. The highest BCUT2D eigenvalue weighted by atomic mass is 14.9. The van der Waals surface area contributed by atoms with Crippen LogP contribution in [0.1, 0.15) is 6.42 Å². The summed E-state index contributed by atoms with van der Waals surface area (Å²) >= 11 is 0. The van der Waals surface area contributed by atoms with Gasteiger partial charge in [0.1, 0.15) is 0 Å². The zero-order valence-corrected chi connectivity index (χ0v) is 6.96. The minimum atomic E-state index is 0.176. The molecule has 0 radical (unpaired) electrons. The third kappa shape index (κ3) is 1.17. The Balaban J connectivity index is 2.21. The van der Waals surface area contributed by atoms with Gasteiger partial charge in [-0.2, -0.15) is 5.26 Å². The highest BCUT2D eigenvalue weighted by Gasteiger charge is 2.28. The van der Waals surface area contributed by atoms with Crippen LogP contribution >= 0.6 is 0 Å². The van der Waals surface area contributed by atoms with Gasteiger partial charge >= 0.3 is 0 Å². The summed E-state index contributed by atoms with van der Waals surface area (Å²) in [6.45, 7) is 1.82. The van der Waals surface area contributed by atoms with Crippen molar-refractivity contribution in [1.82, 2.24) is 5.32 Å². The molecule has 0 spiro atoms. The van der Waals surface area contributed by atoms with E-state index in [1.807, 2.05) is 0 Å². The fourth-order valence-corrected chi connectivity index (χ4v) is 1.95. The SMILES string of the molecule is N#CC1CNCC2=CC=CCC21. The van der Waals surface area contributed by atoms with Gasteiger partial charge < -0.3 is 5.32 Å². The van der Waals surface area contributed by atoms with Crippen molar-refractivity contribution in [2.75, 3.05) is 13.1 Å². The number of nitriles is 1. The fraction of sp³-hybridized carbons (Fsp3) is 0.500. The maximum absolute atomic E-state index is 8.89. The van der Waals surface area contributed by atoms with E-state index in [9.17, 15) is 0 Å². The first-order valence-electron chi connectivity index (χ1n) is 4.38. The van der Waals surface area contributed by atoms with Crippen molar-refractivity contribution in [3.05, 3.63) is 23.8 Å². The number of hydrogen-bond donors (Lipinski definition) is 1. The van der Waals surface area contributed by atoms with E-state index in [-0.39, 0.29) is 5.92 Å². The van der Waals surface area contributed by atoms with Crippen LogP contribution < -0.4 is 5.32 Å². The summed E-state index contributed by atoms with van der Waals surface area (Å²) in [5.41, 5.74) is 1.40. The molecule has 1 N–H and O–H groups in total. The highest BCUT2D eigenvalue weighted by molar-refractivity contribution is 5.26. The van der Waals surface area contributed by atoms with Gasteiger partial charge in [-0.15, -0.1) is 0 Å². The monoisotopic (exact) mass is 160 g/mol. The van der Waals surface area contributed by atoms with E-state index in [1.165, 1.54) is 5.57 Å². The predicted molar refractivity (Wildman–Crippen MR) is 47.3 cm³/mol. The molecule has 1 aliphatic heterocycles. The highest BCUT2D eigenvalue weighted by Crippen LogP contribution is 2.29. The minimum absolute atomic E-state index is 0.176. The van der Waals surface area contributed by atoms with Gasteiger partial charge in [-0.3, -0.25) is 0 Å². The summed E-state index contributed by atoms with van der Waals surface area (Å²) < 4.78 is 0. The molecule has 0 aromatic rings. The molecule has 0 aromatic carbocycles. The molecule has 2 rings (SSSR count). The van der Waals surface area contributed by atoms with Crippen LogP contribution in [0.2, 0.25) is 0 Å². The standard InChI is InChI=1S/C10H12N2/c11-5-9-7-12-6-8-3-1-2-4-10(8)9/h1-3,9-10,12H,4,6-7H2. The molecule has 2 nitrogen and oxygen atoms in total. The van der Waals surface area contributed by atoms with Gasteiger partial charge in [-0.05, 0) is 6.42 Å². The summed E-state index contributed by atoms with van der Waals surface area (Å²) in [6, 6.07) is 2.37. The Morgan fingerprint density at radius 2 is 2.50 bits per heavy atom. The van der Waals surface area contributed by atoms with Crippen molar-refractivity contribution in [3.63, 3.8) is 0 Å². The fourth-order valence-electron chi connectivity index (χ4n) is 1.95. The molecule has 2 heteroatoms. The second-order valence-corrected chi connectivity index (χ2v) is 3.38. The molecule has 1 saturated heterocycles. The first-order chi connectivity index (χ1) is 5.92. The molecule has 1 heterocycles. The van der Waals surface area contributed by atoms with Crippen LogP contribution in [-0.2, 0) is 0 Å². The van der Waals surface area contributed by atoms with Crippen molar-refractivity contribution in [2.45, 2.75) is 6.42 Å². The Morgan fingerprint density at radius 1 is 1.58 bits per heavy atom. The Kier molecular flexibility index (Phi) is 1.97. The molecule has 0 saturated carbocycles. The second kappa shape index (κ2) is 3.12. The molecule has 1 fully saturated rings. The average molecular weight is 160 g/mol. The smallest absolute Gasteiger partial charge is 0.0675 e. The van der Waals surface area contributed by atoms with Crippen molar-refractivity contribution in [3.8, 4) is 6.07 Å². The van der Waals surface area contributed by atoms with Crippen LogP contribution in [0.5, 0.6) is 0 Å². The first-order valence-corrected chi connectivity index (χ1v) is 4.38. The van der Waals surface area contributed by atoms with Crippen LogP contribution in [0, 0.1) is 23.2 Å². The Labute approximate surface area is 72.6 Å². The quantitative estimate of drug-likeness (QED) is 0.578. The maximum Gasteiger partial charge on any atom is 0.0675 e. The molecule has 1 aliphatic carbocycles. The van der Waals surface area contributed by atoms with Gasteiger partial charge in [0.05, 0.1) is 12.0 Å². The van der Waals surface area contributed by atoms with E-state index >= 15 is 0 Å². The molecule has 2 atom stereocenters. The van der Waals surface area contributed by atoms with Crippen LogP contribution in [0.3, 0.4) is 0 Å². The van der Waals surface area contributed by atoms with Gasteiger partial charge in [0.15, 0.2) is 0 Å². The summed E-state index contributed by atoms with van der Waals surface area (Å²) in [5, 5.41) is 12.1. The number of rotatable bonds is 0. The molecule has 62 valence electrons. The van der Waals surface area contributed by atoms with Gasteiger partial charge in [-0.25, -0.2) is 0 Å². The Hall–Kier alpha value is -1.07. The van der Waals surface area contributed by atoms with E-state index in [2.05, 4.69) is 29.6 Å². The van der Waals surface area contributed by atoms with E-state index in [4.69, 9.17) is 5.26 Å². The van der Waals surface area contributed by atoms with E-state index in [0.29, 0.717) is 5.92 Å². The topological polar surface area (TPSA) is 35.8 Å². The average Bonchev–Trinajstić information content (AvgIpc) is 2.17. The number of hydrogen-bond acceptors (Lipinski definition) is 2. The van der Waals surface area contributed by atoms with Crippen molar-refractivity contribution in [1.29, 1.82) is 5.26 Å². The molecule has 2 unspecified atom stereocenters. The molecule has 0 amide bonds. The lowest BCUT2D eigenvalue weighted by molar-refractivity contribution is 0.386. The maximum atomic E-state index is 8.89. The normalized spacial score (nSPS) is 33.4. The Morgan fingerprint density at radius 3 is 3.33 bits per heavy atom. The van der Waals surface area contributed by atoms with Crippen molar-refractivity contribution < 1.29 is 0 Å². The number of piperidine rings is 1. The summed E-state index contributed by atoms with van der Waals surface area (Å²) in [4.78, 5) is 0. The number of nitrogens with one attached hydrogen (secondary N) is 1. The van der Waals surface area contributed by atoms with E-state index in [0.717, 1.165) is 19.5 Å². The lowest BCUT2D eigenvalue weighted by Crippen LogP contribution is -2.38. The largest absolute Gasteiger partial charge is 0.312 e. The van der Waals surface area contributed by atoms with Crippen LogP contribution in [0.4, 0.5) is 0 Å². The number of nitrogens with zero attached hydrogens (tertiary/aromatic N) is 1. The molecular weight excluding hydrogens is 148 g/mol. The van der Waals surface area contributed by atoms with Crippen LogP contribution in [0.25, 0.3) is 0 Å². The second-order valence-electron chi connectivity index (χ2n) is 3.38. The van der Waals surface area contributed by atoms with Crippen molar-refractivity contribution in [2.24, 2.45) is 11.8 Å². The van der Waals surface area contributed by atoms with Gasteiger partial charge in [0.25, 0.3) is 0 Å².